The standard InChI is InChI=1S/C24H30N4O3/c1-4-15(2)26-23(30)18-10-12-19(13-11-18)27-22(29)14-25-20-6-5-7-21(16(20)3)28-24(31)17-8-9-17/h5-7,10-13,15,17,25H,4,8-9,14H2,1-3H3,(H,26,30)(H,27,29)(H,28,31). The molecule has 0 heterocycles. The summed E-state index contributed by atoms with van der Waals surface area (Å²) in [5.74, 6) is -0.143. The zero-order valence-electron chi connectivity index (χ0n) is 18.2. The number of nitrogens with one attached hydrogen (secondary N) is 4. The van der Waals surface area contributed by atoms with E-state index in [1.807, 2.05) is 39.0 Å². The Kier molecular flexibility index (Phi) is 7.28. The lowest BCUT2D eigenvalue weighted by Gasteiger charge is -2.14. The van der Waals surface area contributed by atoms with Crippen LogP contribution >= 0.6 is 0 Å². The van der Waals surface area contributed by atoms with Gasteiger partial charge in [0, 0.05) is 34.6 Å². The molecule has 2 aromatic rings. The van der Waals surface area contributed by atoms with Crippen molar-refractivity contribution in [2.75, 3.05) is 22.5 Å². The van der Waals surface area contributed by atoms with Crippen LogP contribution in [-0.4, -0.2) is 30.3 Å². The molecule has 0 saturated heterocycles. The number of amides is 3. The number of rotatable bonds is 9. The summed E-state index contributed by atoms with van der Waals surface area (Å²) in [6.45, 7) is 5.96. The lowest BCUT2D eigenvalue weighted by atomic mass is 10.1. The third-order valence-corrected chi connectivity index (χ3v) is 5.40. The number of anilines is 3. The zero-order valence-corrected chi connectivity index (χ0v) is 18.2. The first-order valence-electron chi connectivity index (χ1n) is 10.7. The van der Waals surface area contributed by atoms with Crippen molar-refractivity contribution in [3.05, 3.63) is 53.6 Å². The Morgan fingerprint density at radius 2 is 1.68 bits per heavy atom. The first-order chi connectivity index (χ1) is 14.9. The Balaban J connectivity index is 1.52. The fourth-order valence-electron chi connectivity index (χ4n) is 3.04. The molecular weight excluding hydrogens is 392 g/mol. The van der Waals surface area contributed by atoms with E-state index in [1.165, 1.54) is 0 Å². The largest absolute Gasteiger partial charge is 0.376 e. The second kappa shape index (κ2) is 10.1. The van der Waals surface area contributed by atoms with Gasteiger partial charge in [-0.25, -0.2) is 0 Å². The fraction of sp³-hybridized carbons (Fsp3) is 0.375. The lowest BCUT2D eigenvalue weighted by Crippen LogP contribution is -2.31. The zero-order chi connectivity index (χ0) is 22.4. The number of hydrogen-bond acceptors (Lipinski definition) is 4. The van der Waals surface area contributed by atoms with Crippen LogP contribution in [-0.2, 0) is 9.59 Å². The van der Waals surface area contributed by atoms with Gasteiger partial charge in [0.15, 0.2) is 0 Å². The van der Waals surface area contributed by atoms with Gasteiger partial charge < -0.3 is 21.3 Å². The molecule has 1 fully saturated rings. The normalized spacial score (nSPS) is 13.8. The molecule has 0 spiro atoms. The molecule has 1 saturated carbocycles. The molecule has 3 amide bonds. The van der Waals surface area contributed by atoms with E-state index >= 15 is 0 Å². The molecule has 0 aromatic heterocycles. The molecule has 7 nitrogen and oxygen atoms in total. The van der Waals surface area contributed by atoms with Crippen molar-refractivity contribution < 1.29 is 14.4 Å². The van der Waals surface area contributed by atoms with Gasteiger partial charge in [-0.2, -0.15) is 0 Å². The molecule has 7 heteroatoms. The van der Waals surface area contributed by atoms with Gasteiger partial charge in [-0.3, -0.25) is 14.4 Å². The molecule has 1 aliphatic rings. The van der Waals surface area contributed by atoms with Crippen LogP contribution in [0.4, 0.5) is 17.1 Å². The van der Waals surface area contributed by atoms with E-state index in [1.54, 1.807) is 24.3 Å². The van der Waals surface area contributed by atoms with E-state index in [9.17, 15) is 14.4 Å². The highest BCUT2D eigenvalue weighted by atomic mass is 16.2. The Bertz CT molecular complexity index is 952. The molecule has 3 rings (SSSR count). The van der Waals surface area contributed by atoms with Crippen molar-refractivity contribution in [1.82, 2.24) is 5.32 Å². The molecular formula is C24H30N4O3. The Labute approximate surface area is 183 Å². The summed E-state index contributed by atoms with van der Waals surface area (Å²) >= 11 is 0. The second-order valence-corrected chi connectivity index (χ2v) is 8.00. The maximum atomic E-state index is 12.3. The number of carbonyl (C=O) groups is 3. The van der Waals surface area contributed by atoms with Gasteiger partial charge in [0.25, 0.3) is 5.91 Å². The van der Waals surface area contributed by atoms with Crippen LogP contribution in [0, 0.1) is 12.8 Å². The third kappa shape index (κ3) is 6.31. The van der Waals surface area contributed by atoms with Gasteiger partial charge in [0.2, 0.25) is 11.8 Å². The number of hydrogen-bond donors (Lipinski definition) is 4. The minimum atomic E-state index is -0.205. The smallest absolute Gasteiger partial charge is 0.251 e. The van der Waals surface area contributed by atoms with Crippen molar-refractivity contribution in [3.8, 4) is 0 Å². The maximum absolute atomic E-state index is 12.3. The molecule has 1 atom stereocenters. The minimum absolute atomic E-state index is 0.0549. The monoisotopic (exact) mass is 422 g/mol. The molecule has 31 heavy (non-hydrogen) atoms. The lowest BCUT2D eigenvalue weighted by molar-refractivity contribution is -0.117. The molecule has 4 N–H and O–H groups in total. The summed E-state index contributed by atoms with van der Waals surface area (Å²) in [7, 11) is 0. The quantitative estimate of drug-likeness (QED) is 0.492. The molecule has 164 valence electrons. The van der Waals surface area contributed by atoms with Gasteiger partial charge >= 0.3 is 0 Å². The molecule has 1 aliphatic carbocycles. The van der Waals surface area contributed by atoms with Crippen molar-refractivity contribution >= 4 is 34.8 Å². The van der Waals surface area contributed by atoms with Gasteiger partial charge in [0.1, 0.15) is 0 Å². The van der Waals surface area contributed by atoms with Gasteiger partial charge in [-0.05, 0) is 75.1 Å². The molecule has 0 aliphatic heterocycles. The minimum Gasteiger partial charge on any atom is -0.376 e. The van der Waals surface area contributed by atoms with Gasteiger partial charge in [0.05, 0.1) is 6.54 Å². The van der Waals surface area contributed by atoms with Crippen molar-refractivity contribution in [2.45, 2.75) is 46.1 Å². The van der Waals surface area contributed by atoms with E-state index in [2.05, 4.69) is 21.3 Å². The predicted molar refractivity (Wildman–Crippen MR) is 123 cm³/mol. The maximum Gasteiger partial charge on any atom is 0.251 e. The van der Waals surface area contributed by atoms with Crippen molar-refractivity contribution in [3.63, 3.8) is 0 Å². The van der Waals surface area contributed by atoms with Crippen LogP contribution in [0.1, 0.15) is 49.0 Å². The Morgan fingerprint density at radius 3 is 2.32 bits per heavy atom. The van der Waals surface area contributed by atoms with Gasteiger partial charge in [-0.15, -0.1) is 0 Å². The van der Waals surface area contributed by atoms with Gasteiger partial charge in [-0.1, -0.05) is 13.0 Å². The van der Waals surface area contributed by atoms with E-state index in [4.69, 9.17) is 0 Å². The van der Waals surface area contributed by atoms with Crippen LogP contribution in [0.3, 0.4) is 0 Å². The van der Waals surface area contributed by atoms with Crippen LogP contribution < -0.4 is 21.3 Å². The van der Waals surface area contributed by atoms with E-state index in [-0.39, 0.29) is 36.2 Å². The van der Waals surface area contributed by atoms with E-state index < -0.39 is 0 Å². The molecule has 0 bridgehead atoms. The molecule has 2 aromatic carbocycles. The van der Waals surface area contributed by atoms with E-state index in [0.717, 1.165) is 36.2 Å². The SMILES string of the molecule is CCC(C)NC(=O)c1ccc(NC(=O)CNc2cccc(NC(=O)C3CC3)c2C)cc1. The average Bonchev–Trinajstić information content (AvgIpc) is 3.60. The van der Waals surface area contributed by atoms with Crippen LogP contribution in [0.15, 0.2) is 42.5 Å². The highest BCUT2D eigenvalue weighted by molar-refractivity contribution is 5.97. The number of carbonyl (C=O) groups excluding carboxylic acids is 3. The first-order valence-corrected chi connectivity index (χ1v) is 10.7. The van der Waals surface area contributed by atoms with E-state index in [0.29, 0.717) is 11.3 Å². The fourth-order valence-corrected chi connectivity index (χ4v) is 3.04. The highest BCUT2D eigenvalue weighted by Crippen LogP contribution is 2.31. The summed E-state index contributed by atoms with van der Waals surface area (Å²) < 4.78 is 0. The first kappa shape index (κ1) is 22.3. The van der Waals surface area contributed by atoms with Crippen LogP contribution in [0.2, 0.25) is 0 Å². The average molecular weight is 423 g/mol. The van der Waals surface area contributed by atoms with Crippen LogP contribution in [0.25, 0.3) is 0 Å². The van der Waals surface area contributed by atoms with Crippen molar-refractivity contribution in [2.24, 2.45) is 5.92 Å². The molecule has 0 radical (unpaired) electrons. The molecule has 1 unspecified atom stereocenters. The summed E-state index contributed by atoms with van der Waals surface area (Å²) in [5, 5.41) is 11.8. The van der Waals surface area contributed by atoms with Crippen LogP contribution in [0.5, 0.6) is 0 Å². The number of benzene rings is 2. The Hall–Kier alpha value is -3.35. The second-order valence-electron chi connectivity index (χ2n) is 8.00. The topological polar surface area (TPSA) is 99.3 Å². The van der Waals surface area contributed by atoms with Crippen molar-refractivity contribution in [1.29, 1.82) is 0 Å². The highest BCUT2D eigenvalue weighted by Gasteiger charge is 2.29. The Morgan fingerprint density at radius 1 is 1.00 bits per heavy atom. The summed E-state index contributed by atoms with van der Waals surface area (Å²) in [4.78, 5) is 36.5. The third-order valence-electron chi connectivity index (χ3n) is 5.40. The summed E-state index contributed by atoms with van der Waals surface area (Å²) in [5.41, 5.74) is 3.61. The summed E-state index contributed by atoms with van der Waals surface area (Å²) in [6.07, 6.45) is 2.77. The predicted octanol–water partition coefficient (Wildman–Crippen LogP) is 3.92. The summed E-state index contributed by atoms with van der Waals surface area (Å²) in [6, 6.07) is 12.5.